The monoisotopic (exact) mass is 353 g/mol. The van der Waals surface area contributed by atoms with Crippen molar-refractivity contribution < 1.29 is 4.79 Å². The molecular weight excluding hydrogens is 330 g/mol. The van der Waals surface area contributed by atoms with Crippen molar-refractivity contribution in [3.63, 3.8) is 0 Å². The minimum Gasteiger partial charge on any atom is -0.350 e. The summed E-state index contributed by atoms with van der Waals surface area (Å²) in [5.41, 5.74) is 4.30. The second-order valence-corrected chi connectivity index (χ2v) is 7.92. The molecule has 3 aromatic rings. The lowest BCUT2D eigenvalue weighted by Crippen LogP contribution is -2.28. The summed E-state index contributed by atoms with van der Waals surface area (Å²) in [7, 11) is 0. The van der Waals surface area contributed by atoms with E-state index in [4.69, 9.17) is 0 Å². The zero-order valence-electron chi connectivity index (χ0n) is 14.7. The third-order valence-electron chi connectivity index (χ3n) is 5.11. The Morgan fingerprint density at radius 3 is 3.12 bits per heavy atom. The first-order chi connectivity index (χ1) is 12.1. The number of amides is 1. The fourth-order valence-corrected chi connectivity index (χ4v) is 4.97. The Labute approximate surface area is 151 Å². The molecule has 130 valence electrons. The Balaban J connectivity index is 1.44. The second kappa shape index (κ2) is 6.64. The molecule has 1 aromatic carbocycles. The van der Waals surface area contributed by atoms with Gasteiger partial charge in [0.2, 0.25) is 0 Å². The van der Waals surface area contributed by atoms with Crippen molar-refractivity contribution in [3.8, 4) is 0 Å². The van der Waals surface area contributed by atoms with Gasteiger partial charge in [-0.3, -0.25) is 4.79 Å². The van der Waals surface area contributed by atoms with E-state index in [-0.39, 0.29) is 5.91 Å². The number of thiophene rings is 1. The van der Waals surface area contributed by atoms with Crippen molar-refractivity contribution in [2.45, 2.75) is 39.7 Å². The lowest BCUT2D eigenvalue weighted by molar-refractivity contribution is 0.0951. The minimum atomic E-state index is 0.0640. The average molecular weight is 353 g/mol. The van der Waals surface area contributed by atoms with E-state index in [1.54, 1.807) is 11.3 Å². The molecule has 1 unspecified atom stereocenters. The molecule has 0 radical (unpaired) electrons. The first kappa shape index (κ1) is 16.3. The molecule has 1 aliphatic carbocycles. The summed E-state index contributed by atoms with van der Waals surface area (Å²) >= 11 is 1.74. The number of nitrogens with one attached hydrogen (secondary N) is 1. The molecule has 1 atom stereocenters. The third kappa shape index (κ3) is 3.09. The summed E-state index contributed by atoms with van der Waals surface area (Å²) in [5.74, 6) is 1.78. The van der Waals surface area contributed by atoms with E-state index >= 15 is 0 Å². The number of rotatable bonds is 4. The van der Waals surface area contributed by atoms with Gasteiger partial charge in [0.1, 0.15) is 5.82 Å². The number of carbonyl (C=O) groups excluding carboxylic acids is 1. The lowest BCUT2D eigenvalue weighted by Gasteiger charge is -2.18. The van der Waals surface area contributed by atoms with Crippen LogP contribution in [0.2, 0.25) is 0 Å². The molecule has 4 rings (SSSR count). The third-order valence-corrected chi connectivity index (χ3v) is 6.16. The van der Waals surface area contributed by atoms with Gasteiger partial charge in [0.25, 0.3) is 5.91 Å². The predicted molar refractivity (Wildman–Crippen MR) is 102 cm³/mol. The topological polar surface area (TPSA) is 46.9 Å². The number of aryl methyl sites for hydroxylation is 1. The van der Waals surface area contributed by atoms with Gasteiger partial charge < -0.3 is 9.88 Å². The number of fused-ring (bicyclic) bond motifs is 2. The summed E-state index contributed by atoms with van der Waals surface area (Å²) < 4.78 is 2.17. The Bertz CT molecular complexity index is 924. The van der Waals surface area contributed by atoms with Crippen LogP contribution in [0.3, 0.4) is 0 Å². The molecule has 4 nitrogen and oxygen atoms in total. The van der Waals surface area contributed by atoms with Crippen LogP contribution < -0.4 is 5.32 Å². The van der Waals surface area contributed by atoms with E-state index < -0.39 is 0 Å². The fourth-order valence-electron chi connectivity index (χ4n) is 3.72. The Kier molecular flexibility index (Phi) is 4.34. The van der Waals surface area contributed by atoms with Crippen LogP contribution in [0.1, 0.15) is 40.0 Å². The van der Waals surface area contributed by atoms with Crippen LogP contribution in [0.5, 0.6) is 0 Å². The van der Waals surface area contributed by atoms with Crippen LogP contribution >= 0.6 is 11.3 Å². The van der Waals surface area contributed by atoms with E-state index in [0.717, 1.165) is 47.7 Å². The number of nitrogens with zero attached hydrogens (tertiary/aromatic N) is 2. The molecule has 0 aliphatic heterocycles. The van der Waals surface area contributed by atoms with E-state index in [1.807, 2.05) is 30.5 Å². The Morgan fingerprint density at radius 1 is 1.40 bits per heavy atom. The Morgan fingerprint density at radius 2 is 2.24 bits per heavy atom. The number of benzene rings is 1. The highest BCUT2D eigenvalue weighted by Crippen LogP contribution is 2.32. The molecule has 2 aromatic heterocycles. The van der Waals surface area contributed by atoms with Crippen LogP contribution in [0.15, 0.2) is 29.6 Å². The largest absolute Gasteiger partial charge is 0.350 e. The van der Waals surface area contributed by atoms with Gasteiger partial charge in [-0.2, -0.15) is 0 Å². The van der Waals surface area contributed by atoms with Gasteiger partial charge in [-0.15, -0.1) is 11.3 Å². The van der Waals surface area contributed by atoms with Crippen molar-refractivity contribution in [2.24, 2.45) is 5.92 Å². The van der Waals surface area contributed by atoms with Gasteiger partial charge in [-0.05, 0) is 49.8 Å². The van der Waals surface area contributed by atoms with E-state index in [2.05, 4.69) is 27.9 Å². The minimum absolute atomic E-state index is 0.0640. The average Bonchev–Trinajstić information content (AvgIpc) is 3.15. The number of hydrogen-bond donors (Lipinski definition) is 1. The van der Waals surface area contributed by atoms with Gasteiger partial charge >= 0.3 is 0 Å². The molecule has 25 heavy (non-hydrogen) atoms. The molecule has 0 bridgehead atoms. The van der Waals surface area contributed by atoms with Crippen molar-refractivity contribution in [2.75, 3.05) is 6.54 Å². The van der Waals surface area contributed by atoms with Crippen molar-refractivity contribution >= 4 is 28.3 Å². The maximum Gasteiger partial charge on any atom is 0.252 e. The Hall–Kier alpha value is -2.14. The quantitative estimate of drug-likeness (QED) is 0.772. The molecule has 0 saturated carbocycles. The van der Waals surface area contributed by atoms with Gasteiger partial charge in [-0.1, -0.05) is 19.1 Å². The number of hydrogen-bond acceptors (Lipinski definition) is 3. The number of imidazole rings is 1. The number of aromatic nitrogens is 2. The van der Waals surface area contributed by atoms with Gasteiger partial charge in [0, 0.05) is 23.3 Å². The van der Waals surface area contributed by atoms with Crippen molar-refractivity contribution in [1.82, 2.24) is 14.9 Å². The van der Waals surface area contributed by atoms with Crippen LogP contribution in [0.4, 0.5) is 0 Å². The molecule has 0 fully saturated rings. The van der Waals surface area contributed by atoms with Crippen LogP contribution in [-0.4, -0.2) is 22.0 Å². The first-order valence-corrected chi connectivity index (χ1v) is 9.80. The van der Waals surface area contributed by atoms with Gasteiger partial charge in [-0.25, -0.2) is 4.98 Å². The molecule has 5 heteroatoms. The number of carbonyl (C=O) groups is 1. The standard InChI is InChI=1S/C20H23N3OS/c1-13-7-8-15-16(12-25-19(15)11-13)20(24)21-9-10-23-14(2)22-17-5-3-4-6-18(17)23/h3-6,12-13H,7-11H2,1-2H3,(H,21,24). The fraction of sp³-hybridized carbons (Fsp3) is 0.400. The normalized spacial score (nSPS) is 16.8. The predicted octanol–water partition coefficient (Wildman–Crippen LogP) is 3.96. The molecule has 2 heterocycles. The zero-order chi connectivity index (χ0) is 17.4. The summed E-state index contributed by atoms with van der Waals surface area (Å²) in [6.45, 7) is 5.65. The zero-order valence-corrected chi connectivity index (χ0v) is 15.5. The molecule has 1 aliphatic rings. The summed E-state index contributed by atoms with van der Waals surface area (Å²) in [6.07, 6.45) is 3.34. The molecule has 0 saturated heterocycles. The maximum absolute atomic E-state index is 12.6. The highest BCUT2D eigenvalue weighted by molar-refractivity contribution is 7.10. The van der Waals surface area contributed by atoms with Crippen LogP contribution in [-0.2, 0) is 19.4 Å². The van der Waals surface area contributed by atoms with Crippen molar-refractivity contribution in [3.05, 3.63) is 51.5 Å². The van der Waals surface area contributed by atoms with Crippen LogP contribution in [0, 0.1) is 12.8 Å². The summed E-state index contributed by atoms with van der Waals surface area (Å²) in [6, 6.07) is 8.13. The molecule has 1 amide bonds. The second-order valence-electron chi connectivity index (χ2n) is 6.95. The van der Waals surface area contributed by atoms with Gasteiger partial charge in [0.15, 0.2) is 0 Å². The molecule has 1 N–H and O–H groups in total. The van der Waals surface area contributed by atoms with Crippen molar-refractivity contribution in [1.29, 1.82) is 0 Å². The lowest BCUT2D eigenvalue weighted by atomic mass is 9.88. The van der Waals surface area contributed by atoms with E-state index in [1.165, 1.54) is 16.9 Å². The van der Waals surface area contributed by atoms with E-state index in [9.17, 15) is 4.79 Å². The van der Waals surface area contributed by atoms with Crippen LogP contribution in [0.25, 0.3) is 11.0 Å². The SMILES string of the molecule is Cc1nc2ccccc2n1CCNC(=O)c1csc2c1CCC(C)C2. The highest BCUT2D eigenvalue weighted by atomic mass is 32.1. The summed E-state index contributed by atoms with van der Waals surface area (Å²) in [4.78, 5) is 18.6. The number of para-hydroxylation sites is 2. The highest BCUT2D eigenvalue weighted by Gasteiger charge is 2.23. The molecule has 0 spiro atoms. The maximum atomic E-state index is 12.6. The summed E-state index contributed by atoms with van der Waals surface area (Å²) in [5, 5.41) is 5.13. The first-order valence-electron chi connectivity index (χ1n) is 8.93. The van der Waals surface area contributed by atoms with Gasteiger partial charge in [0.05, 0.1) is 16.6 Å². The smallest absolute Gasteiger partial charge is 0.252 e. The molecular formula is C20H23N3OS. The van der Waals surface area contributed by atoms with E-state index in [0.29, 0.717) is 6.54 Å².